The molecule has 1 unspecified atom stereocenters. The third kappa shape index (κ3) is 2.68. The first-order valence-electron chi connectivity index (χ1n) is 7.08. The largest absolute Gasteiger partial charge is 0.345 e. The van der Waals surface area contributed by atoms with Crippen LogP contribution in [-0.2, 0) is 9.84 Å². The van der Waals surface area contributed by atoms with E-state index in [1.54, 1.807) is 35.6 Å². The van der Waals surface area contributed by atoms with Crippen molar-refractivity contribution in [1.29, 1.82) is 0 Å². The maximum absolute atomic E-state index is 12.5. The number of rotatable bonds is 2. The zero-order valence-corrected chi connectivity index (χ0v) is 14.1. The Kier molecular flexibility index (Phi) is 3.82. The normalized spacial score (nSPS) is 19.5. The van der Waals surface area contributed by atoms with E-state index in [2.05, 4.69) is 5.32 Å². The Morgan fingerprint density at radius 2 is 2.00 bits per heavy atom. The maximum atomic E-state index is 12.5. The molecule has 1 N–H and O–H groups in total. The predicted molar refractivity (Wildman–Crippen MR) is 87.1 cm³/mol. The Labute approximate surface area is 134 Å². The van der Waals surface area contributed by atoms with Crippen LogP contribution < -0.4 is 5.32 Å². The molecule has 3 rings (SSSR count). The molecule has 2 aromatic rings. The van der Waals surface area contributed by atoms with E-state index in [0.29, 0.717) is 22.4 Å². The molecule has 1 aromatic carbocycles. The number of hydrogen-bond donors (Lipinski definition) is 1. The summed E-state index contributed by atoms with van der Waals surface area (Å²) in [5.74, 6) is -0.0719. The third-order valence-corrected chi connectivity index (χ3v) is 6.68. The van der Waals surface area contributed by atoms with Crippen LogP contribution >= 0.6 is 11.3 Å². The van der Waals surface area contributed by atoms with Gasteiger partial charge < -0.3 is 5.32 Å². The molecule has 22 heavy (non-hydrogen) atoms. The Morgan fingerprint density at radius 1 is 1.27 bits per heavy atom. The number of amides is 1. The SMILES string of the molecule is Cc1cc(C(=O)NC2CCS(=O)(=O)c3ccccc32)c(C)s1. The van der Waals surface area contributed by atoms with Gasteiger partial charge in [0, 0.05) is 9.75 Å². The lowest BCUT2D eigenvalue weighted by molar-refractivity contribution is 0.0934. The van der Waals surface area contributed by atoms with Crippen molar-refractivity contribution in [3.63, 3.8) is 0 Å². The van der Waals surface area contributed by atoms with E-state index in [9.17, 15) is 13.2 Å². The highest BCUT2D eigenvalue weighted by molar-refractivity contribution is 7.91. The smallest absolute Gasteiger partial charge is 0.252 e. The summed E-state index contributed by atoms with van der Waals surface area (Å²) in [7, 11) is -3.23. The summed E-state index contributed by atoms with van der Waals surface area (Å²) in [6.45, 7) is 3.89. The van der Waals surface area contributed by atoms with Crippen LogP contribution in [0.15, 0.2) is 35.2 Å². The number of carbonyl (C=O) groups excluding carboxylic acids is 1. The van der Waals surface area contributed by atoms with Gasteiger partial charge >= 0.3 is 0 Å². The van der Waals surface area contributed by atoms with Gasteiger partial charge in [-0.25, -0.2) is 8.42 Å². The zero-order valence-electron chi connectivity index (χ0n) is 12.4. The molecule has 1 aliphatic heterocycles. The summed E-state index contributed by atoms with van der Waals surface area (Å²) in [4.78, 5) is 14.9. The van der Waals surface area contributed by atoms with Crippen molar-refractivity contribution >= 4 is 27.1 Å². The Balaban J connectivity index is 1.91. The molecule has 6 heteroatoms. The minimum atomic E-state index is -3.23. The van der Waals surface area contributed by atoms with Crippen molar-refractivity contribution in [3.8, 4) is 0 Å². The van der Waals surface area contributed by atoms with E-state index < -0.39 is 9.84 Å². The molecule has 2 heterocycles. The summed E-state index contributed by atoms with van der Waals surface area (Å²) < 4.78 is 24.2. The van der Waals surface area contributed by atoms with Crippen LogP contribution in [0.25, 0.3) is 0 Å². The van der Waals surface area contributed by atoms with Crippen LogP contribution in [0.5, 0.6) is 0 Å². The van der Waals surface area contributed by atoms with Crippen molar-refractivity contribution in [2.45, 2.75) is 31.2 Å². The molecule has 0 radical (unpaired) electrons. The number of sulfone groups is 1. The number of benzene rings is 1. The van der Waals surface area contributed by atoms with Crippen molar-refractivity contribution in [2.24, 2.45) is 0 Å². The van der Waals surface area contributed by atoms with Crippen molar-refractivity contribution in [2.75, 3.05) is 5.75 Å². The fraction of sp³-hybridized carbons (Fsp3) is 0.312. The first kappa shape index (κ1) is 15.2. The van der Waals surface area contributed by atoms with E-state index in [-0.39, 0.29) is 17.7 Å². The van der Waals surface area contributed by atoms with Gasteiger partial charge in [-0.2, -0.15) is 0 Å². The topological polar surface area (TPSA) is 63.2 Å². The quantitative estimate of drug-likeness (QED) is 0.917. The molecule has 1 amide bonds. The molecule has 1 atom stereocenters. The fourth-order valence-electron chi connectivity index (χ4n) is 2.83. The van der Waals surface area contributed by atoms with Crippen molar-refractivity contribution in [1.82, 2.24) is 5.32 Å². The van der Waals surface area contributed by atoms with Gasteiger partial charge in [-0.1, -0.05) is 18.2 Å². The minimum absolute atomic E-state index is 0.0661. The first-order chi connectivity index (χ1) is 10.4. The molecular weight excluding hydrogens is 318 g/mol. The van der Waals surface area contributed by atoms with Crippen molar-refractivity contribution in [3.05, 3.63) is 51.2 Å². The lowest BCUT2D eigenvalue weighted by Crippen LogP contribution is -2.33. The predicted octanol–water partition coefficient (Wildman–Crippen LogP) is 3.01. The van der Waals surface area contributed by atoms with Crippen LogP contribution in [0, 0.1) is 13.8 Å². The molecule has 4 nitrogen and oxygen atoms in total. The van der Waals surface area contributed by atoms with Gasteiger partial charge in [-0.3, -0.25) is 4.79 Å². The van der Waals surface area contributed by atoms with E-state index in [0.717, 1.165) is 9.75 Å². The molecule has 0 fully saturated rings. The molecule has 0 saturated carbocycles. The van der Waals surface area contributed by atoms with E-state index in [4.69, 9.17) is 0 Å². The Hall–Kier alpha value is -1.66. The summed E-state index contributed by atoms with van der Waals surface area (Å²) in [6.07, 6.45) is 0.410. The van der Waals surface area contributed by atoms with Crippen LogP contribution in [0.1, 0.15) is 38.1 Å². The summed E-state index contributed by atoms with van der Waals surface area (Å²) in [5.41, 5.74) is 1.36. The van der Waals surface area contributed by atoms with E-state index in [1.807, 2.05) is 19.9 Å². The fourth-order valence-corrected chi connectivity index (χ4v) is 5.37. The van der Waals surface area contributed by atoms with Gasteiger partial charge in [-0.15, -0.1) is 11.3 Å². The lowest BCUT2D eigenvalue weighted by atomic mass is 10.0. The van der Waals surface area contributed by atoms with Gasteiger partial charge in [0.1, 0.15) is 0 Å². The van der Waals surface area contributed by atoms with Gasteiger partial charge in [0.15, 0.2) is 9.84 Å². The molecule has 1 aliphatic rings. The molecule has 0 spiro atoms. The molecular formula is C16H17NO3S2. The molecule has 0 aliphatic carbocycles. The van der Waals surface area contributed by atoms with Crippen LogP contribution in [-0.4, -0.2) is 20.1 Å². The minimum Gasteiger partial charge on any atom is -0.345 e. The van der Waals surface area contributed by atoms with Gasteiger partial charge in [0.05, 0.1) is 22.3 Å². The summed E-state index contributed by atoms with van der Waals surface area (Å²) in [5, 5.41) is 2.99. The van der Waals surface area contributed by atoms with E-state index >= 15 is 0 Å². The summed E-state index contributed by atoms with van der Waals surface area (Å²) >= 11 is 1.59. The Bertz CT molecular complexity index is 837. The highest BCUT2D eigenvalue weighted by Gasteiger charge is 2.31. The number of hydrogen-bond acceptors (Lipinski definition) is 4. The molecule has 0 bridgehead atoms. The zero-order chi connectivity index (χ0) is 15.9. The third-order valence-electron chi connectivity index (χ3n) is 3.90. The van der Waals surface area contributed by atoms with Crippen LogP contribution in [0.4, 0.5) is 0 Å². The number of carbonyl (C=O) groups is 1. The van der Waals surface area contributed by atoms with E-state index in [1.165, 1.54) is 0 Å². The number of fused-ring (bicyclic) bond motifs is 1. The first-order valence-corrected chi connectivity index (χ1v) is 9.55. The summed E-state index contributed by atoms with van der Waals surface area (Å²) in [6, 6.07) is 8.53. The average Bonchev–Trinajstić information content (AvgIpc) is 2.81. The number of aryl methyl sites for hydroxylation is 2. The van der Waals surface area contributed by atoms with Gasteiger partial charge in [-0.05, 0) is 38.0 Å². The maximum Gasteiger partial charge on any atom is 0.252 e. The van der Waals surface area contributed by atoms with Crippen molar-refractivity contribution < 1.29 is 13.2 Å². The second kappa shape index (κ2) is 5.52. The highest BCUT2D eigenvalue weighted by atomic mass is 32.2. The molecule has 1 aromatic heterocycles. The second-order valence-electron chi connectivity index (χ2n) is 5.50. The van der Waals surface area contributed by atoms with Crippen LogP contribution in [0.2, 0.25) is 0 Å². The molecule has 116 valence electrons. The number of nitrogens with one attached hydrogen (secondary N) is 1. The lowest BCUT2D eigenvalue weighted by Gasteiger charge is -2.26. The second-order valence-corrected chi connectivity index (χ2v) is 9.04. The standard InChI is InChI=1S/C16H17NO3S2/c1-10-9-13(11(2)21-10)16(18)17-14-7-8-22(19,20)15-6-4-3-5-12(14)15/h3-6,9,14H,7-8H2,1-2H3,(H,17,18). The number of thiophene rings is 1. The van der Waals surface area contributed by atoms with Crippen LogP contribution in [0.3, 0.4) is 0 Å². The van der Waals surface area contributed by atoms with Gasteiger partial charge in [0.25, 0.3) is 5.91 Å². The monoisotopic (exact) mass is 335 g/mol. The Morgan fingerprint density at radius 3 is 2.68 bits per heavy atom. The molecule has 0 saturated heterocycles. The average molecular weight is 335 g/mol. The highest BCUT2D eigenvalue weighted by Crippen LogP contribution is 2.32. The van der Waals surface area contributed by atoms with Gasteiger partial charge in [0.2, 0.25) is 0 Å².